The summed E-state index contributed by atoms with van der Waals surface area (Å²) in [5.74, 6) is -0.172. The number of fused-ring (bicyclic) bond motifs is 2. The molecule has 0 radical (unpaired) electrons. The highest BCUT2D eigenvalue weighted by molar-refractivity contribution is 7.90. The number of ether oxygens (including phenoxy) is 1. The Labute approximate surface area is 389 Å². The minimum absolute atomic E-state index is 0.0248. The van der Waals surface area contributed by atoms with Crippen molar-refractivity contribution >= 4 is 61.5 Å². The predicted octanol–water partition coefficient (Wildman–Crippen LogP) is 7.67. The SMILES string of the molecule is CC(=O)NCCN1CCC2(CC1)CC(CNc1ccc(S(=O)(=O)NC(=O)c3ccc(N4CCN([C@@H]5CCCCc6c(Cl)cccc65)CC4)cc3Oc3cnc4[nH]ccc4c3)cc1[N+](=O)[O-])C2. The molecule has 0 unspecified atom stereocenters. The smallest absolute Gasteiger partial charge is 0.293 e. The Bertz CT molecular complexity index is 2730. The van der Waals surface area contributed by atoms with Crippen molar-refractivity contribution in [1.29, 1.82) is 0 Å². The van der Waals surface area contributed by atoms with Gasteiger partial charge in [-0.3, -0.25) is 24.6 Å². The molecule has 2 saturated heterocycles. The number of carbonyl (C=O) groups excluding carboxylic acids is 2. The lowest BCUT2D eigenvalue weighted by Crippen LogP contribution is -2.49. The number of piperidine rings is 1. The monoisotopic (exact) mass is 937 g/mol. The summed E-state index contributed by atoms with van der Waals surface area (Å²) in [6.45, 7) is 8.52. The molecule has 1 atom stereocenters. The van der Waals surface area contributed by atoms with Crippen LogP contribution in [0.25, 0.3) is 11.0 Å². The highest BCUT2D eigenvalue weighted by atomic mass is 35.5. The van der Waals surface area contributed by atoms with E-state index in [1.54, 1.807) is 30.5 Å². The maximum atomic E-state index is 14.0. The maximum Gasteiger partial charge on any atom is 0.293 e. The van der Waals surface area contributed by atoms with E-state index in [4.69, 9.17) is 16.3 Å². The molecule has 2 aromatic heterocycles. The zero-order valence-corrected chi connectivity index (χ0v) is 38.6. The molecular formula is C48H56ClN9O7S. The Morgan fingerprint density at radius 1 is 1.00 bits per heavy atom. The first-order valence-corrected chi connectivity index (χ1v) is 24.8. The number of nitro benzene ring substituents is 1. The number of nitrogens with one attached hydrogen (secondary N) is 4. The second-order valence-corrected chi connectivity index (χ2v) is 20.4. The molecule has 4 heterocycles. The van der Waals surface area contributed by atoms with Crippen LogP contribution in [0, 0.1) is 21.4 Å². The van der Waals surface area contributed by atoms with Crippen LogP contribution in [0.15, 0.2) is 84.0 Å². The van der Waals surface area contributed by atoms with E-state index in [9.17, 15) is 28.1 Å². The largest absolute Gasteiger partial charge is 0.455 e. The van der Waals surface area contributed by atoms with E-state index in [1.165, 1.54) is 36.4 Å². The molecule has 9 rings (SSSR count). The average molecular weight is 939 g/mol. The van der Waals surface area contributed by atoms with E-state index in [1.807, 2.05) is 18.2 Å². The van der Waals surface area contributed by atoms with Crippen molar-refractivity contribution in [3.63, 3.8) is 0 Å². The molecule has 3 aromatic carbocycles. The number of hydrogen-bond acceptors (Lipinski definition) is 12. The molecule has 3 fully saturated rings. The van der Waals surface area contributed by atoms with Gasteiger partial charge in [0.1, 0.15) is 22.8 Å². The van der Waals surface area contributed by atoms with E-state index in [-0.39, 0.29) is 34.4 Å². The third-order valence-electron chi connectivity index (χ3n) is 14.0. The van der Waals surface area contributed by atoms with Crippen LogP contribution in [-0.4, -0.2) is 104 Å². The lowest BCUT2D eigenvalue weighted by atomic mass is 9.57. The average Bonchev–Trinajstić information content (AvgIpc) is 3.65. The number of amides is 2. The zero-order chi connectivity index (χ0) is 46.0. The highest BCUT2D eigenvalue weighted by Gasteiger charge is 2.45. The Morgan fingerprint density at radius 2 is 1.80 bits per heavy atom. The molecule has 348 valence electrons. The van der Waals surface area contributed by atoms with Gasteiger partial charge in [0, 0.05) is 93.2 Å². The predicted molar refractivity (Wildman–Crippen MR) is 254 cm³/mol. The number of H-pyrrole nitrogens is 1. The van der Waals surface area contributed by atoms with E-state index in [2.05, 4.69) is 46.1 Å². The van der Waals surface area contributed by atoms with Crippen molar-refractivity contribution in [3.05, 3.63) is 111 Å². The minimum Gasteiger partial charge on any atom is -0.455 e. The molecule has 2 aliphatic heterocycles. The van der Waals surface area contributed by atoms with Crippen molar-refractivity contribution in [2.24, 2.45) is 11.3 Å². The number of carbonyl (C=O) groups is 2. The van der Waals surface area contributed by atoms with Crippen LogP contribution in [-0.2, 0) is 21.2 Å². The quantitative estimate of drug-likeness (QED) is 0.0483. The number of benzene rings is 3. The maximum absolute atomic E-state index is 14.0. The van der Waals surface area contributed by atoms with Gasteiger partial charge in [-0.1, -0.05) is 30.2 Å². The van der Waals surface area contributed by atoms with Gasteiger partial charge in [-0.25, -0.2) is 18.1 Å². The standard InChI is InChI=1S/C48H56ClN9O7S/c1-32(59)50-17-20-55-18-14-48(15-19-55)28-33(29-48)30-52-42-12-10-37(27-44(42)58(61)62)66(63,64)54-47(60)40-11-9-35(26-45(40)65-36-25-34-13-16-51-46(34)53-31-36)56-21-23-57(24-22-56)43-8-3-2-5-38-39(43)6-4-7-41(38)49/h4,6-7,9-13,16,25-27,31,33,43,52H,2-3,5,8,14-15,17-24,28-30H2,1H3,(H,50,59)(H,51,53)(H,54,60)/t43-/m1/s1. The second-order valence-electron chi connectivity index (χ2n) is 18.3. The summed E-state index contributed by atoms with van der Waals surface area (Å²) in [5.41, 5.74) is 4.07. The number of anilines is 2. The first-order valence-electron chi connectivity index (χ1n) is 22.9. The van der Waals surface area contributed by atoms with Crippen molar-refractivity contribution in [3.8, 4) is 11.5 Å². The van der Waals surface area contributed by atoms with Gasteiger partial charge in [0.05, 0.1) is 21.6 Å². The molecular weight excluding hydrogens is 882 g/mol. The Hall–Kier alpha value is -5.75. The Kier molecular flexibility index (Phi) is 13.2. The first kappa shape index (κ1) is 45.4. The third-order valence-corrected chi connectivity index (χ3v) is 15.7. The summed E-state index contributed by atoms with van der Waals surface area (Å²) >= 11 is 6.66. The fraction of sp³-hybridized carbons (Fsp3) is 0.438. The van der Waals surface area contributed by atoms with Crippen molar-refractivity contribution in [1.82, 2.24) is 29.8 Å². The van der Waals surface area contributed by atoms with E-state index in [0.717, 1.165) is 119 Å². The summed E-state index contributed by atoms with van der Waals surface area (Å²) in [4.78, 5) is 51.1. The number of aromatic nitrogens is 2. The summed E-state index contributed by atoms with van der Waals surface area (Å²) in [6, 6.07) is 18.8. The molecule has 18 heteroatoms. The number of nitrogens with zero attached hydrogens (tertiary/aromatic N) is 5. The highest BCUT2D eigenvalue weighted by Crippen LogP contribution is 2.52. The molecule has 16 nitrogen and oxygen atoms in total. The van der Waals surface area contributed by atoms with Crippen molar-refractivity contribution in [2.45, 2.75) is 69.2 Å². The molecule has 0 bridgehead atoms. The van der Waals surface area contributed by atoms with Crippen LogP contribution in [0.4, 0.5) is 17.1 Å². The van der Waals surface area contributed by atoms with Crippen LogP contribution in [0.1, 0.15) is 79.4 Å². The molecule has 2 aliphatic carbocycles. The zero-order valence-electron chi connectivity index (χ0n) is 37.1. The first-order chi connectivity index (χ1) is 31.8. The lowest BCUT2D eigenvalue weighted by Gasteiger charge is -2.52. The number of piperazine rings is 1. The van der Waals surface area contributed by atoms with Gasteiger partial charge in [-0.05, 0) is 123 Å². The molecule has 4 aliphatic rings. The van der Waals surface area contributed by atoms with Gasteiger partial charge in [0.25, 0.3) is 21.6 Å². The molecule has 1 saturated carbocycles. The fourth-order valence-electron chi connectivity index (χ4n) is 10.5. The second kappa shape index (κ2) is 19.2. The van der Waals surface area contributed by atoms with Crippen LogP contribution in [0.3, 0.4) is 0 Å². The number of halogens is 1. The fourth-order valence-corrected chi connectivity index (χ4v) is 11.8. The van der Waals surface area contributed by atoms with Gasteiger partial charge in [-0.2, -0.15) is 0 Å². The molecule has 1 spiro atoms. The normalized spacial score (nSPS) is 19.1. The van der Waals surface area contributed by atoms with Crippen molar-refractivity contribution in [2.75, 3.05) is 69.1 Å². The lowest BCUT2D eigenvalue weighted by molar-refractivity contribution is -0.384. The van der Waals surface area contributed by atoms with Crippen LogP contribution >= 0.6 is 11.6 Å². The molecule has 4 N–H and O–H groups in total. The van der Waals surface area contributed by atoms with E-state index in [0.29, 0.717) is 30.4 Å². The Morgan fingerprint density at radius 3 is 2.58 bits per heavy atom. The van der Waals surface area contributed by atoms with Crippen LogP contribution in [0.5, 0.6) is 11.5 Å². The molecule has 66 heavy (non-hydrogen) atoms. The number of aromatic amines is 1. The number of nitro groups is 1. The summed E-state index contributed by atoms with van der Waals surface area (Å²) in [6.07, 6.45) is 11.8. The van der Waals surface area contributed by atoms with Gasteiger partial charge in [-0.15, -0.1) is 0 Å². The van der Waals surface area contributed by atoms with E-state index < -0.39 is 31.4 Å². The topological polar surface area (TPSA) is 195 Å². The number of hydrogen-bond donors (Lipinski definition) is 4. The molecule has 5 aromatic rings. The van der Waals surface area contributed by atoms with Gasteiger partial charge < -0.3 is 30.2 Å². The van der Waals surface area contributed by atoms with Crippen LogP contribution < -0.4 is 25.0 Å². The van der Waals surface area contributed by atoms with Gasteiger partial charge in [0.2, 0.25) is 5.91 Å². The number of sulfonamides is 1. The number of pyridine rings is 1. The number of rotatable bonds is 14. The summed E-state index contributed by atoms with van der Waals surface area (Å²) < 4.78 is 36.1. The Balaban J connectivity index is 0.870. The van der Waals surface area contributed by atoms with Gasteiger partial charge in [0.15, 0.2) is 0 Å². The van der Waals surface area contributed by atoms with Crippen molar-refractivity contribution < 1.29 is 27.7 Å². The van der Waals surface area contributed by atoms with Crippen LogP contribution in [0.2, 0.25) is 5.02 Å². The number of likely N-dealkylation sites (tertiary alicyclic amines) is 1. The summed E-state index contributed by atoms with van der Waals surface area (Å²) in [5, 5.41) is 20.0. The summed E-state index contributed by atoms with van der Waals surface area (Å²) in [7, 11) is -4.58. The molecule has 2 amide bonds. The van der Waals surface area contributed by atoms with Gasteiger partial charge >= 0.3 is 0 Å². The third kappa shape index (κ3) is 9.99. The minimum atomic E-state index is -4.58. The van der Waals surface area contributed by atoms with E-state index >= 15 is 0 Å².